The van der Waals surface area contributed by atoms with Gasteiger partial charge < -0.3 is 9.64 Å². The Morgan fingerprint density at radius 3 is 2.76 bits per heavy atom. The van der Waals surface area contributed by atoms with Gasteiger partial charge in [-0.25, -0.2) is 0 Å². The number of hydrogen-bond donors (Lipinski definition) is 1. The number of quaternary nitrogens is 1. The molecule has 0 spiro atoms. The van der Waals surface area contributed by atoms with E-state index < -0.39 is 0 Å². The highest BCUT2D eigenvalue weighted by molar-refractivity contribution is 5.17. The number of rotatable bonds is 1. The van der Waals surface area contributed by atoms with E-state index in [9.17, 15) is 0 Å². The Bertz CT molecular complexity index is 364. The van der Waals surface area contributed by atoms with E-state index in [-0.39, 0.29) is 0 Å². The number of fused-ring (bicyclic) bond motifs is 1. The fourth-order valence-electron chi connectivity index (χ4n) is 3.24. The summed E-state index contributed by atoms with van der Waals surface area (Å²) in [4.78, 5) is 1.67. The molecule has 0 amide bonds. The van der Waals surface area contributed by atoms with Crippen molar-refractivity contribution < 1.29 is 9.64 Å². The number of hydrogen-bond acceptors (Lipinski definition) is 1. The number of nitrogens with one attached hydrogen (secondary N) is 1. The van der Waals surface area contributed by atoms with Crippen LogP contribution in [0.2, 0.25) is 0 Å². The monoisotopic (exact) mass is 232 g/mol. The highest BCUT2D eigenvalue weighted by Gasteiger charge is 2.40. The van der Waals surface area contributed by atoms with Crippen molar-refractivity contribution in [1.29, 1.82) is 0 Å². The molecule has 2 heteroatoms. The molecule has 17 heavy (non-hydrogen) atoms. The Labute approximate surface area is 104 Å². The first-order valence-corrected chi connectivity index (χ1v) is 6.86. The van der Waals surface area contributed by atoms with Gasteiger partial charge in [0.25, 0.3) is 0 Å². The third-order valence-corrected chi connectivity index (χ3v) is 4.37. The molecule has 0 aliphatic carbocycles. The van der Waals surface area contributed by atoms with E-state index in [0.29, 0.717) is 12.3 Å². The lowest BCUT2D eigenvalue weighted by molar-refractivity contribution is -0.951. The van der Waals surface area contributed by atoms with Gasteiger partial charge in [0.2, 0.25) is 0 Å². The van der Waals surface area contributed by atoms with Crippen LogP contribution in [0.15, 0.2) is 30.3 Å². The second-order valence-corrected chi connectivity index (χ2v) is 5.58. The van der Waals surface area contributed by atoms with E-state index in [0.717, 1.165) is 12.5 Å². The van der Waals surface area contributed by atoms with Gasteiger partial charge in [0.15, 0.2) is 6.23 Å². The van der Waals surface area contributed by atoms with Gasteiger partial charge in [0, 0.05) is 12.0 Å². The molecular formula is C15H22NO+. The van der Waals surface area contributed by atoms with Gasteiger partial charge in [-0.3, -0.25) is 0 Å². The normalized spacial score (nSPS) is 37.5. The van der Waals surface area contributed by atoms with E-state index in [2.05, 4.69) is 37.3 Å². The molecule has 92 valence electrons. The minimum Gasteiger partial charge on any atom is -0.323 e. The van der Waals surface area contributed by atoms with Crippen LogP contribution in [0.4, 0.5) is 0 Å². The standard InChI is InChI=1S/C15H21NO/c1-12-7-8-15-16(10-9-12)14(11-17-15)13-5-3-2-4-6-13/h2-6,12,14-15H,7-11H2,1H3/p+1/t12-,14+,15?/m0/s1. The van der Waals surface area contributed by atoms with Crippen LogP contribution in [0, 0.1) is 5.92 Å². The Balaban J connectivity index is 1.79. The zero-order chi connectivity index (χ0) is 11.7. The van der Waals surface area contributed by atoms with E-state index in [1.54, 1.807) is 4.90 Å². The molecule has 1 aromatic rings. The van der Waals surface area contributed by atoms with Gasteiger partial charge in [-0.2, -0.15) is 0 Å². The van der Waals surface area contributed by atoms with Crippen molar-refractivity contribution in [3.63, 3.8) is 0 Å². The Hall–Kier alpha value is -0.860. The summed E-state index contributed by atoms with van der Waals surface area (Å²) in [5.74, 6) is 0.869. The smallest absolute Gasteiger partial charge is 0.192 e. The van der Waals surface area contributed by atoms with Crippen LogP contribution in [0.25, 0.3) is 0 Å². The number of benzene rings is 1. The van der Waals surface area contributed by atoms with Crippen LogP contribution in [0.3, 0.4) is 0 Å². The van der Waals surface area contributed by atoms with E-state index in [1.807, 2.05) is 0 Å². The number of ether oxygens (including phenoxy) is 1. The molecule has 2 heterocycles. The molecule has 2 fully saturated rings. The molecule has 0 saturated carbocycles. The average molecular weight is 232 g/mol. The SMILES string of the molecule is C[C@H]1CCC2OC[C@H](c3ccccc3)[NH+]2CC1. The first-order valence-electron chi connectivity index (χ1n) is 6.86. The molecule has 1 N–H and O–H groups in total. The van der Waals surface area contributed by atoms with Gasteiger partial charge in [0.1, 0.15) is 12.6 Å². The van der Waals surface area contributed by atoms with E-state index in [4.69, 9.17) is 4.74 Å². The minimum atomic E-state index is 0.449. The van der Waals surface area contributed by atoms with Crippen LogP contribution in [-0.2, 0) is 4.74 Å². The van der Waals surface area contributed by atoms with Crippen molar-refractivity contribution in [3.8, 4) is 0 Å². The Kier molecular flexibility index (Phi) is 3.17. The van der Waals surface area contributed by atoms with Crippen molar-refractivity contribution in [2.45, 2.75) is 38.5 Å². The zero-order valence-electron chi connectivity index (χ0n) is 10.6. The van der Waals surface area contributed by atoms with Gasteiger partial charge in [-0.1, -0.05) is 37.3 Å². The van der Waals surface area contributed by atoms with E-state index in [1.165, 1.54) is 31.4 Å². The highest BCUT2D eigenvalue weighted by Crippen LogP contribution is 2.22. The predicted molar refractivity (Wildman–Crippen MR) is 67.8 cm³/mol. The molecule has 2 unspecified atom stereocenters. The van der Waals surface area contributed by atoms with Gasteiger partial charge >= 0.3 is 0 Å². The fraction of sp³-hybridized carbons (Fsp3) is 0.600. The second kappa shape index (κ2) is 4.79. The maximum Gasteiger partial charge on any atom is 0.192 e. The minimum absolute atomic E-state index is 0.449. The van der Waals surface area contributed by atoms with Gasteiger partial charge in [0.05, 0.1) is 6.54 Å². The van der Waals surface area contributed by atoms with Crippen molar-refractivity contribution in [2.75, 3.05) is 13.2 Å². The molecule has 2 nitrogen and oxygen atoms in total. The fourth-order valence-corrected chi connectivity index (χ4v) is 3.24. The van der Waals surface area contributed by atoms with Crippen molar-refractivity contribution in [1.82, 2.24) is 0 Å². The maximum absolute atomic E-state index is 6.02. The lowest BCUT2D eigenvalue weighted by Gasteiger charge is -2.23. The summed E-state index contributed by atoms with van der Waals surface area (Å²) in [5, 5.41) is 0. The van der Waals surface area contributed by atoms with Crippen LogP contribution in [-0.4, -0.2) is 19.4 Å². The van der Waals surface area contributed by atoms with Crippen LogP contribution in [0.1, 0.15) is 37.8 Å². The van der Waals surface area contributed by atoms with Crippen LogP contribution in [0.5, 0.6) is 0 Å². The van der Waals surface area contributed by atoms with Crippen molar-refractivity contribution in [2.24, 2.45) is 5.92 Å². The largest absolute Gasteiger partial charge is 0.323 e. The molecular weight excluding hydrogens is 210 g/mol. The summed E-state index contributed by atoms with van der Waals surface area (Å²) in [6.07, 6.45) is 4.36. The molecule has 2 aliphatic rings. The topological polar surface area (TPSA) is 13.7 Å². The molecule has 0 aromatic heterocycles. The molecule has 3 rings (SSSR count). The lowest BCUT2D eigenvalue weighted by Crippen LogP contribution is -3.14. The summed E-state index contributed by atoms with van der Waals surface area (Å²) in [7, 11) is 0. The van der Waals surface area contributed by atoms with Crippen LogP contribution >= 0.6 is 0 Å². The first kappa shape index (κ1) is 11.2. The molecule has 0 radical (unpaired) electrons. The third-order valence-electron chi connectivity index (χ3n) is 4.37. The average Bonchev–Trinajstić information content (AvgIpc) is 2.69. The molecule has 0 bridgehead atoms. The van der Waals surface area contributed by atoms with Gasteiger partial charge in [-0.05, 0) is 18.8 Å². The summed E-state index contributed by atoms with van der Waals surface area (Å²) >= 11 is 0. The highest BCUT2D eigenvalue weighted by atomic mass is 16.5. The first-order chi connectivity index (χ1) is 8.34. The van der Waals surface area contributed by atoms with Gasteiger partial charge in [-0.15, -0.1) is 0 Å². The van der Waals surface area contributed by atoms with E-state index >= 15 is 0 Å². The summed E-state index contributed by atoms with van der Waals surface area (Å²) < 4.78 is 6.02. The molecule has 2 saturated heterocycles. The van der Waals surface area contributed by atoms with Crippen molar-refractivity contribution >= 4 is 0 Å². The summed E-state index contributed by atoms with van der Waals surface area (Å²) in [6.45, 7) is 4.54. The predicted octanol–water partition coefficient (Wildman–Crippen LogP) is 1.79. The molecule has 4 atom stereocenters. The lowest BCUT2D eigenvalue weighted by atomic mass is 10.0. The summed E-state index contributed by atoms with van der Waals surface area (Å²) in [6, 6.07) is 11.4. The van der Waals surface area contributed by atoms with Crippen molar-refractivity contribution in [3.05, 3.63) is 35.9 Å². The maximum atomic E-state index is 6.02. The Morgan fingerprint density at radius 1 is 1.12 bits per heavy atom. The quantitative estimate of drug-likeness (QED) is 0.779. The second-order valence-electron chi connectivity index (χ2n) is 5.58. The summed E-state index contributed by atoms with van der Waals surface area (Å²) in [5.41, 5.74) is 1.44. The third kappa shape index (κ3) is 2.24. The Morgan fingerprint density at radius 2 is 1.94 bits per heavy atom. The molecule has 2 aliphatic heterocycles. The van der Waals surface area contributed by atoms with Crippen LogP contribution < -0.4 is 4.90 Å². The molecule has 1 aromatic carbocycles. The zero-order valence-corrected chi connectivity index (χ0v) is 10.6.